The zero-order valence-corrected chi connectivity index (χ0v) is 14.6. The normalized spacial score (nSPS) is 20.6. The first-order valence-corrected chi connectivity index (χ1v) is 9.97. The molecule has 7 heteroatoms. The average molecular weight is 418 g/mol. The quantitative estimate of drug-likeness (QED) is 0.399. The molecule has 0 aliphatic carbocycles. The fourth-order valence-corrected chi connectivity index (χ4v) is 9.47. The third kappa shape index (κ3) is 4.63. The van der Waals surface area contributed by atoms with Crippen LogP contribution in [0.5, 0.6) is 0 Å². The summed E-state index contributed by atoms with van der Waals surface area (Å²) in [5.74, 6) is 0. The van der Waals surface area contributed by atoms with Crippen LogP contribution in [0, 0.1) is 0 Å². The van der Waals surface area contributed by atoms with E-state index in [-0.39, 0.29) is 56.8 Å². The Kier molecular flexibility index (Phi) is 8.49. The van der Waals surface area contributed by atoms with Crippen molar-refractivity contribution in [2.45, 2.75) is 0 Å². The molecule has 0 spiro atoms. The van der Waals surface area contributed by atoms with Gasteiger partial charge in [-0.15, -0.1) is 0 Å². The third-order valence-electron chi connectivity index (χ3n) is 1.26. The van der Waals surface area contributed by atoms with Gasteiger partial charge in [0.25, 0.3) is 0 Å². The smallest absolute Gasteiger partial charge is 1.00 e. The molecule has 0 aromatic heterocycles. The molecule has 2 aliphatic heterocycles. The Morgan fingerprint density at radius 3 is 1.69 bits per heavy atom. The van der Waals surface area contributed by atoms with Gasteiger partial charge in [-0.1, -0.05) is 0 Å². The molecule has 68 valence electrons. The van der Waals surface area contributed by atoms with Crippen LogP contribution in [0.1, 0.15) is 0 Å². The number of hydrogen-bond acceptors (Lipinski definition) is 2. The summed E-state index contributed by atoms with van der Waals surface area (Å²) >= 11 is -0.629. The zero-order valence-electron chi connectivity index (χ0n) is 6.46. The molecule has 0 N–H and O–H groups in total. The van der Waals surface area contributed by atoms with Crippen LogP contribution >= 0.6 is 0 Å². The Labute approximate surface area is 115 Å². The van der Waals surface area contributed by atoms with Crippen molar-refractivity contribution < 1.29 is 48.0 Å². The minimum Gasteiger partial charge on any atom is -1.00 e. The van der Waals surface area contributed by atoms with Gasteiger partial charge in [-0.25, -0.2) is 0 Å². The van der Waals surface area contributed by atoms with Crippen molar-refractivity contribution in [1.29, 1.82) is 0 Å². The van der Waals surface area contributed by atoms with Gasteiger partial charge in [-0.3, -0.25) is 0 Å². The minimum absolute atomic E-state index is 0. The van der Waals surface area contributed by atoms with E-state index in [0.717, 1.165) is 0 Å². The predicted octanol–water partition coefficient (Wildman–Crippen LogP) is -6.37. The number of allylic oxidation sites excluding steroid dienone is 2. The van der Waals surface area contributed by atoms with Gasteiger partial charge in [-0.05, 0) is 0 Å². The largest absolute Gasteiger partial charge is 1.00 e. The standard InChI is InChI=1S/2C3H3AsN.2ClH.Zr/c2*1-2-4-5-3-1;;;/h2*1-2,4H;2*1H;/q;;;;+2/p-2. The van der Waals surface area contributed by atoms with Crippen molar-refractivity contribution in [2.75, 3.05) is 0 Å². The Morgan fingerprint density at radius 1 is 0.923 bits per heavy atom. The maximum Gasteiger partial charge on any atom is -1.00 e. The summed E-state index contributed by atoms with van der Waals surface area (Å²) in [6.07, 6.45) is 4.45. The summed E-state index contributed by atoms with van der Waals surface area (Å²) in [5, 5.41) is 0. The van der Waals surface area contributed by atoms with E-state index < -0.39 is 23.2 Å². The molecule has 0 saturated heterocycles. The van der Waals surface area contributed by atoms with Gasteiger partial charge in [0.15, 0.2) is 0 Å². The van der Waals surface area contributed by atoms with Gasteiger partial charge in [0.1, 0.15) is 0 Å². The van der Waals surface area contributed by atoms with Crippen molar-refractivity contribution in [3.05, 3.63) is 21.9 Å². The molecule has 0 radical (unpaired) electrons. The molecule has 13 heavy (non-hydrogen) atoms. The fraction of sp³-hybridized carbons (Fsp3) is 0. The Morgan fingerprint density at radius 2 is 1.38 bits per heavy atom. The van der Waals surface area contributed by atoms with E-state index in [9.17, 15) is 0 Å². The molecule has 2 heterocycles. The summed E-state index contributed by atoms with van der Waals surface area (Å²) in [4.78, 5) is 4.51. The van der Waals surface area contributed by atoms with Gasteiger partial charge >= 0.3 is 91.7 Å². The van der Waals surface area contributed by atoms with Crippen LogP contribution in [0.4, 0.5) is 0 Å². The van der Waals surface area contributed by atoms with Crippen molar-refractivity contribution in [3.8, 4) is 0 Å². The topological polar surface area (TPSA) is 24.7 Å². The number of rotatable bonds is 2. The van der Waals surface area contributed by atoms with Gasteiger partial charge in [0.2, 0.25) is 0 Å². The van der Waals surface area contributed by atoms with Crippen LogP contribution in [-0.4, -0.2) is 38.8 Å². The number of hydrogen-bond donors (Lipinski definition) is 0. The van der Waals surface area contributed by atoms with Crippen LogP contribution < -0.4 is 24.8 Å². The molecule has 0 bridgehead atoms. The molecule has 2 nitrogen and oxygen atoms in total. The van der Waals surface area contributed by atoms with E-state index in [0.29, 0.717) is 0 Å². The maximum atomic E-state index is 4.50. The zero-order chi connectivity index (χ0) is 7.52. The fourth-order valence-electron chi connectivity index (χ4n) is 0.791. The first-order chi connectivity index (χ1) is 5.45. The second-order valence-electron chi connectivity index (χ2n) is 2.04. The molecule has 0 aromatic rings. The first-order valence-electron chi connectivity index (χ1n) is 3.22. The van der Waals surface area contributed by atoms with E-state index in [4.69, 9.17) is 0 Å². The SMILES string of the molecule is C1=C[C]([Zr+2][C]2=N[AsH]C=C2)=N[AsH]1.[Cl-].[Cl-]. The first kappa shape index (κ1) is 14.4. The van der Waals surface area contributed by atoms with Gasteiger partial charge in [-0.2, -0.15) is 0 Å². The maximum absolute atomic E-state index is 4.50. The van der Waals surface area contributed by atoms with Crippen molar-refractivity contribution >= 4 is 38.8 Å². The Balaban J connectivity index is 0.000000720. The Hall–Kier alpha value is 1.40. The second-order valence-corrected chi connectivity index (χ2v) is 8.60. The van der Waals surface area contributed by atoms with Gasteiger partial charge < -0.3 is 24.8 Å². The van der Waals surface area contributed by atoms with E-state index in [2.05, 4.69) is 29.7 Å². The van der Waals surface area contributed by atoms with Crippen molar-refractivity contribution in [2.24, 2.45) is 7.82 Å². The minimum atomic E-state index is -0.520. The van der Waals surface area contributed by atoms with Gasteiger partial charge in [0, 0.05) is 0 Å². The molecule has 0 fully saturated rings. The van der Waals surface area contributed by atoms with E-state index in [1.165, 1.54) is 6.84 Å². The van der Waals surface area contributed by atoms with Crippen molar-refractivity contribution in [1.82, 2.24) is 0 Å². The molecule has 2 atom stereocenters. The molecule has 0 aromatic carbocycles. The molecule has 2 aliphatic rings. The van der Waals surface area contributed by atoms with E-state index >= 15 is 0 Å². The number of halogens is 2. The summed E-state index contributed by atoms with van der Waals surface area (Å²) in [7, 11) is 0. The van der Waals surface area contributed by atoms with E-state index in [1.807, 2.05) is 0 Å². The van der Waals surface area contributed by atoms with Crippen molar-refractivity contribution in [3.63, 3.8) is 0 Å². The molecular weight excluding hydrogens is 412 g/mol. The monoisotopic (exact) mass is 416 g/mol. The molecule has 0 saturated carbocycles. The molecule has 0 amide bonds. The predicted molar refractivity (Wildman–Crippen MR) is 47.4 cm³/mol. The van der Waals surface area contributed by atoms with Crippen LogP contribution in [0.25, 0.3) is 0 Å². The van der Waals surface area contributed by atoms with Crippen LogP contribution in [0.2, 0.25) is 0 Å². The average Bonchev–Trinajstić information content (AvgIpc) is 2.60. The molecular formula is C6H6As2Cl2N2Zr. The van der Waals surface area contributed by atoms with Crippen LogP contribution in [0.3, 0.4) is 0 Å². The third-order valence-corrected chi connectivity index (χ3v) is 9.07. The number of nitrogens with zero attached hydrogens (tertiary/aromatic N) is 2. The summed E-state index contributed by atoms with van der Waals surface area (Å²) < 4.78 is 11.8. The summed E-state index contributed by atoms with van der Waals surface area (Å²) in [5.41, 5.74) is 0. The van der Waals surface area contributed by atoms with Crippen LogP contribution in [0.15, 0.2) is 29.7 Å². The Bertz CT molecular complexity index is 260. The van der Waals surface area contributed by atoms with E-state index in [1.54, 1.807) is 0 Å². The summed E-state index contributed by atoms with van der Waals surface area (Å²) in [6, 6.07) is 0. The molecule has 2 rings (SSSR count). The van der Waals surface area contributed by atoms with Crippen LogP contribution in [-0.2, 0) is 23.2 Å². The second kappa shape index (κ2) is 7.66. The molecule has 2 unspecified atom stereocenters. The summed E-state index contributed by atoms with van der Waals surface area (Å²) in [6.45, 7) is 0. The van der Waals surface area contributed by atoms with Gasteiger partial charge in [0.05, 0.1) is 0 Å².